The van der Waals surface area contributed by atoms with Crippen molar-refractivity contribution in [2.75, 3.05) is 45.9 Å². The van der Waals surface area contributed by atoms with E-state index in [1.807, 2.05) is 4.90 Å². The van der Waals surface area contributed by atoms with Crippen molar-refractivity contribution in [1.29, 1.82) is 0 Å². The lowest BCUT2D eigenvalue weighted by Crippen LogP contribution is -2.45. The number of rotatable bonds is 4. The number of carbonyl (C=O) groups is 1. The second-order valence-corrected chi connectivity index (χ2v) is 6.63. The molecule has 0 aliphatic carbocycles. The first kappa shape index (κ1) is 15.3. The van der Waals surface area contributed by atoms with Gasteiger partial charge in [0.25, 0.3) is 0 Å². The van der Waals surface area contributed by atoms with Gasteiger partial charge in [-0.1, -0.05) is 0 Å². The second-order valence-electron chi connectivity index (χ2n) is 6.63. The highest BCUT2D eigenvalue weighted by atomic mass is 16.5. The summed E-state index contributed by atoms with van der Waals surface area (Å²) in [5, 5.41) is 3.43. The Morgan fingerprint density at radius 2 is 1.81 bits per heavy atom. The number of carbonyl (C=O) groups excluding carboxylic acids is 1. The predicted octanol–water partition coefficient (Wildman–Crippen LogP) is 0.842. The van der Waals surface area contributed by atoms with E-state index < -0.39 is 0 Å². The summed E-state index contributed by atoms with van der Waals surface area (Å²) in [7, 11) is 0. The van der Waals surface area contributed by atoms with Crippen molar-refractivity contribution in [3.8, 4) is 0 Å². The summed E-state index contributed by atoms with van der Waals surface area (Å²) in [6, 6.07) is 0.723. The van der Waals surface area contributed by atoms with Crippen LogP contribution in [0.1, 0.15) is 38.5 Å². The van der Waals surface area contributed by atoms with E-state index in [2.05, 4.69) is 10.2 Å². The van der Waals surface area contributed by atoms with Crippen LogP contribution in [0.3, 0.4) is 0 Å². The molecule has 3 heterocycles. The van der Waals surface area contributed by atoms with Gasteiger partial charge in [-0.25, -0.2) is 0 Å². The molecule has 0 spiro atoms. The first-order chi connectivity index (χ1) is 10.3. The summed E-state index contributed by atoms with van der Waals surface area (Å²) in [6.45, 7) is 6.68. The zero-order valence-corrected chi connectivity index (χ0v) is 13.1. The maximum atomic E-state index is 12.1. The molecule has 3 fully saturated rings. The van der Waals surface area contributed by atoms with E-state index in [9.17, 15) is 4.79 Å². The maximum absolute atomic E-state index is 12.1. The minimum Gasteiger partial charge on any atom is -0.368 e. The molecule has 3 saturated heterocycles. The zero-order chi connectivity index (χ0) is 14.5. The highest BCUT2D eigenvalue weighted by Gasteiger charge is 2.28. The fourth-order valence-electron chi connectivity index (χ4n) is 3.78. The first-order valence-electron chi connectivity index (χ1n) is 8.67. The molecule has 0 aromatic carbocycles. The summed E-state index contributed by atoms with van der Waals surface area (Å²) in [6.07, 6.45) is 7.27. The van der Waals surface area contributed by atoms with Crippen LogP contribution in [0.5, 0.6) is 0 Å². The number of nitrogens with one attached hydrogen (secondary N) is 1. The van der Waals surface area contributed by atoms with Crippen LogP contribution >= 0.6 is 0 Å². The molecule has 1 amide bonds. The molecule has 0 aromatic rings. The highest BCUT2D eigenvalue weighted by Crippen LogP contribution is 2.19. The standard InChI is InChI=1S/C16H29N3O2/c20-16(19-8-2-1-3-9-19)13-21-15-5-10-18(11-6-15)14-4-7-17-12-14/h14-15,17H,1-13H2. The van der Waals surface area contributed by atoms with Crippen molar-refractivity contribution >= 4 is 5.91 Å². The van der Waals surface area contributed by atoms with E-state index in [1.165, 1.54) is 12.8 Å². The molecule has 5 heteroatoms. The quantitative estimate of drug-likeness (QED) is 0.835. The highest BCUT2D eigenvalue weighted by molar-refractivity contribution is 5.77. The Hall–Kier alpha value is -0.650. The fourth-order valence-corrected chi connectivity index (χ4v) is 3.78. The molecular formula is C16H29N3O2. The van der Waals surface area contributed by atoms with Gasteiger partial charge in [-0.15, -0.1) is 0 Å². The van der Waals surface area contributed by atoms with E-state index in [-0.39, 0.29) is 18.6 Å². The number of hydrogen-bond acceptors (Lipinski definition) is 4. The summed E-state index contributed by atoms with van der Waals surface area (Å²) < 4.78 is 5.88. The summed E-state index contributed by atoms with van der Waals surface area (Å²) in [4.78, 5) is 16.7. The van der Waals surface area contributed by atoms with Gasteiger partial charge >= 0.3 is 0 Å². The molecule has 0 bridgehead atoms. The Labute approximate surface area is 128 Å². The van der Waals surface area contributed by atoms with Crippen LogP contribution in [0.25, 0.3) is 0 Å². The number of likely N-dealkylation sites (tertiary alicyclic amines) is 2. The van der Waals surface area contributed by atoms with Crippen molar-refractivity contribution in [1.82, 2.24) is 15.1 Å². The average Bonchev–Trinajstić information content (AvgIpc) is 3.08. The van der Waals surface area contributed by atoms with E-state index in [0.29, 0.717) is 0 Å². The van der Waals surface area contributed by atoms with Gasteiger partial charge in [0, 0.05) is 38.8 Å². The van der Waals surface area contributed by atoms with Gasteiger partial charge in [-0.05, 0) is 45.1 Å². The molecule has 0 radical (unpaired) electrons. The fraction of sp³-hybridized carbons (Fsp3) is 0.938. The average molecular weight is 295 g/mol. The van der Waals surface area contributed by atoms with Crippen molar-refractivity contribution in [2.45, 2.75) is 50.7 Å². The molecule has 3 rings (SSSR count). The monoisotopic (exact) mass is 295 g/mol. The SMILES string of the molecule is O=C(COC1CCN(C2CCNC2)CC1)N1CCCCC1. The largest absolute Gasteiger partial charge is 0.368 e. The lowest BCUT2D eigenvalue weighted by atomic mass is 10.0. The zero-order valence-electron chi connectivity index (χ0n) is 13.1. The molecule has 120 valence electrons. The number of hydrogen-bond donors (Lipinski definition) is 1. The number of piperidine rings is 2. The normalized spacial score (nSPS) is 29.0. The Balaban J connectivity index is 1.34. The van der Waals surface area contributed by atoms with Crippen molar-refractivity contribution in [2.24, 2.45) is 0 Å². The summed E-state index contributed by atoms with van der Waals surface area (Å²) in [5.41, 5.74) is 0. The second kappa shape index (κ2) is 7.56. The number of nitrogens with zero attached hydrogens (tertiary/aromatic N) is 2. The van der Waals surface area contributed by atoms with Gasteiger partial charge in [0.05, 0.1) is 6.10 Å². The Morgan fingerprint density at radius 1 is 1.05 bits per heavy atom. The van der Waals surface area contributed by atoms with Crippen LogP contribution in [0.2, 0.25) is 0 Å². The van der Waals surface area contributed by atoms with Gasteiger partial charge in [0.2, 0.25) is 5.91 Å². The van der Waals surface area contributed by atoms with Gasteiger partial charge in [0.15, 0.2) is 0 Å². The smallest absolute Gasteiger partial charge is 0.248 e. The van der Waals surface area contributed by atoms with Crippen LogP contribution in [-0.4, -0.2) is 73.7 Å². The topological polar surface area (TPSA) is 44.8 Å². The van der Waals surface area contributed by atoms with Crippen molar-refractivity contribution in [3.05, 3.63) is 0 Å². The number of amides is 1. The molecule has 3 aliphatic heterocycles. The maximum Gasteiger partial charge on any atom is 0.248 e. The lowest BCUT2D eigenvalue weighted by Gasteiger charge is -2.35. The molecule has 0 aromatic heterocycles. The van der Waals surface area contributed by atoms with Gasteiger partial charge in [-0.2, -0.15) is 0 Å². The summed E-state index contributed by atoms with van der Waals surface area (Å²) >= 11 is 0. The van der Waals surface area contributed by atoms with Gasteiger partial charge in [-0.3, -0.25) is 9.69 Å². The molecular weight excluding hydrogens is 266 g/mol. The van der Waals surface area contributed by atoms with Gasteiger partial charge in [0.1, 0.15) is 6.61 Å². The molecule has 1 atom stereocenters. The minimum absolute atomic E-state index is 0.192. The Morgan fingerprint density at radius 3 is 2.48 bits per heavy atom. The first-order valence-corrected chi connectivity index (χ1v) is 8.67. The van der Waals surface area contributed by atoms with Crippen LogP contribution in [0.15, 0.2) is 0 Å². The van der Waals surface area contributed by atoms with Gasteiger partial charge < -0.3 is 15.0 Å². The lowest BCUT2D eigenvalue weighted by molar-refractivity contribution is -0.140. The van der Waals surface area contributed by atoms with Crippen LogP contribution < -0.4 is 5.32 Å². The molecule has 1 N–H and O–H groups in total. The van der Waals surface area contributed by atoms with E-state index in [4.69, 9.17) is 4.74 Å². The third-order valence-electron chi connectivity index (χ3n) is 5.18. The molecule has 1 unspecified atom stereocenters. The van der Waals surface area contributed by atoms with E-state index in [0.717, 1.165) is 71.0 Å². The van der Waals surface area contributed by atoms with Crippen molar-refractivity contribution < 1.29 is 9.53 Å². The van der Waals surface area contributed by atoms with E-state index in [1.54, 1.807) is 0 Å². The molecule has 0 saturated carbocycles. The Bertz CT molecular complexity index is 330. The van der Waals surface area contributed by atoms with Crippen LogP contribution in [0.4, 0.5) is 0 Å². The third kappa shape index (κ3) is 4.18. The summed E-state index contributed by atoms with van der Waals surface area (Å²) in [5.74, 6) is 0.192. The van der Waals surface area contributed by atoms with Crippen molar-refractivity contribution in [3.63, 3.8) is 0 Å². The molecule has 21 heavy (non-hydrogen) atoms. The predicted molar refractivity (Wildman–Crippen MR) is 82.3 cm³/mol. The number of ether oxygens (including phenoxy) is 1. The van der Waals surface area contributed by atoms with Crippen LogP contribution in [-0.2, 0) is 9.53 Å². The molecule has 5 nitrogen and oxygen atoms in total. The minimum atomic E-state index is 0.192. The Kier molecular flexibility index (Phi) is 5.49. The van der Waals surface area contributed by atoms with E-state index >= 15 is 0 Å². The van der Waals surface area contributed by atoms with Crippen LogP contribution in [0, 0.1) is 0 Å². The molecule has 3 aliphatic rings. The third-order valence-corrected chi connectivity index (χ3v) is 5.18.